The van der Waals surface area contributed by atoms with E-state index in [0.29, 0.717) is 16.9 Å². The van der Waals surface area contributed by atoms with E-state index in [1.165, 1.54) is 0 Å². The number of ether oxygens (including phenoxy) is 2. The normalized spacial score (nSPS) is 12.1. The van der Waals surface area contributed by atoms with Gasteiger partial charge in [0.15, 0.2) is 6.29 Å². The molecule has 0 radical (unpaired) electrons. The topological polar surface area (TPSA) is 59.3 Å². The second-order valence-electron chi connectivity index (χ2n) is 7.03. The lowest BCUT2D eigenvalue weighted by molar-refractivity contribution is 0.111. The van der Waals surface area contributed by atoms with Crippen molar-refractivity contribution < 1.29 is 14.3 Å². The number of hydrogen-bond donors (Lipinski definition) is 0. The zero-order chi connectivity index (χ0) is 20.2. The Morgan fingerprint density at radius 1 is 1.03 bits per heavy atom. The predicted molar refractivity (Wildman–Crippen MR) is 111 cm³/mol. The number of fused-ring (bicyclic) bond motifs is 1. The van der Waals surface area contributed by atoms with Crippen LogP contribution < -0.4 is 9.47 Å². The summed E-state index contributed by atoms with van der Waals surface area (Å²) in [5.74, 6) is 1.27. The maximum absolute atomic E-state index is 11.5. The highest BCUT2D eigenvalue weighted by Crippen LogP contribution is 2.39. The molecule has 0 atom stereocenters. The van der Waals surface area contributed by atoms with E-state index in [-0.39, 0.29) is 6.61 Å². The lowest BCUT2D eigenvalue weighted by Gasteiger charge is -2.16. The van der Waals surface area contributed by atoms with Gasteiger partial charge in [-0.1, -0.05) is 48.5 Å². The van der Waals surface area contributed by atoms with Gasteiger partial charge in [0.25, 0.3) is 0 Å². The van der Waals surface area contributed by atoms with Gasteiger partial charge in [-0.05, 0) is 41.5 Å². The molecule has 0 unspecified atom stereocenters. The second kappa shape index (κ2) is 8.20. The molecule has 4 nitrogen and oxygen atoms in total. The number of aldehydes is 1. The van der Waals surface area contributed by atoms with E-state index >= 15 is 0 Å². The maximum Gasteiger partial charge on any atom is 0.154 e. The van der Waals surface area contributed by atoms with Gasteiger partial charge in [-0.3, -0.25) is 4.79 Å². The van der Waals surface area contributed by atoms with Gasteiger partial charge in [-0.2, -0.15) is 5.26 Å². The Bertz CT molecular complexity index is 1100. The minimum Gasteiger partial charge on any atom is -0.496 e. The van der Waals surface area contributed by atoms with Gasteiger partial charge in [0.05, 0.1) is 18.2 Å². The summed E-state index contributed by atoms with van der Waals surface area (Å²) in [6.07, 6.45) is 3.59. The zero-order valence-electron chi connectivity index (χ0n) is 16.3. The van der Waals surface area contributed by atoms with Gasteiger partial charge in [0.2, 0.25) is 0 Å². The first kappa shape index (κ1) is 18.8. The van der Waals surface area contributed by atoms with Gasteiger partial charge < -0.3 is 9.47 Å². The number of carbonyl (C=O) groups excluding carboxylic acids is 1. The molecule has 0 saturated heterocycles. The number of rotatable bonds is 6. The van der Waals surface area contributed by atoms with Crippen molar-refractivity contribution in [3.63, 3.8) is 0 Å². The van der Waals surface area contributed by atoms with Crippen molar-refractivity contribution in [1.82, 2.24) is 0 Å². The Morgan fingerprint density at radius 3 is 2.55 bits per heavy atom. The monoisotopic (exact) mass is 383 g/mol. The molecule has 0 aromatic heterocycles. The number of benzene rings is 3. The summed E-state index contributed by atoms with van der Waals surface area (Å²) in [7, 11) is 1.56. The second-order valence-corrected chi connectivity index (χ2v) is 7.03. The van der Waals surface area contributed by atoms with Crippen molar-refractivity contribution in [3.8, 4) is 28.7 Å². The smallest absolute Gasteiger partial charge is 0.154 e. The van der Waals surface area contributed by atoms with Gasteiger partial charge in [0.1, 0.15) is 24.2 Å². The third-order valence-corrected chi connectivity index (χ3v) is 5.44. The van der Waals surface area contributed by atoms with E-state index in [9.17, 15) is 10.1 Å². The molecule has 0 heterocycles. The van der Waals surface area contributed by atoms with Crippen molar-refractivity contribution in [1.29, 1.82) is 5.26 Å². The minimum atomic E-state index is 0.277. The van der Waals surface area contributed by atoms with E-state index in [1.54, 1.807) is 13.2 Å². The van der Waals surface area contributed by atoms with Gasteiger partial charge >= 0.3 is 0 Å². The first-order chi connectivity index (χ1) is 14.3. The number of carbonyl (C=O) groups is 1. The summed E-state index contributed by atoms with van der Waals surface area (Å²) in [6.45, 7) is 0.277. The first-order valence-electron chi connectivity index (χ1n) is 9.65. The number of hydrogen-bond acceptors (Lipinski definition) is 4. The molecule has 4 heteroatoms. The Balaban J connectivity index is 1.68. The molecule has 0 N–H and O–H groups in total. The molecule has 0 fully saturated rings. The van der Waals surface area contributed by atoms with Crippen LogP contribution in [0.4, 0.5) is 0 Å². The summed E-state index contributed by atoms with van der Waals surface area (Å²) in [5, 5.41) is 9.80. The van der Waals surface area contributed by atoms with Crippen LogP contribution in [0, 0.1) is 11.3 Å². The van der Waals surface area contributed by atoms with Crippen LogP contribution in [0.3, 0.4) is 0 Å². The fourth-order valence-corrected chi connectivity index (χ4v) is 4.04. The third kappa shape index (κ3) is 3.48. The standard InChI is InChI=1S/C25H21NO3/c1-28-24-13-25(21-12-6-11-20(21)23(24)15-27)29-16-18-9-5-10-19(22(18)14-26)17-7-3-2-4-8-17/h2-5,7-10,13,15H,6,11-12,16H2,1H3. The highest BCUT2D eigenvalue weighted by Gasteiger charge is 2.23. The third-order valence-electron chi connectivity index (χ3n) is 5.44. The van der Waals surface area contributed by atoms with Gasteiger partial charge in [-0.25, -0.2) is 0 Å². The Hall–Kier alpha value is -3.58. The molecule has 3 aromatic carbocycles. The SMILES string of the molecule is COc1cc(OCc2cccc(-c3ccccc3)c2C#N)c2c(c1C=O)CCC2. The fraction of sp³-hybridized carbons (Fsp3) is 0.200. The quantitative estimate of drug-likeness (QED) is 0.555. The average molecular weight is 383 g/mol. The van der Waals surface area contributed by atoms with Crippen molar-refractivity contribution in [2.75, 3.05) is 7.11 Å². The van der Waals surface area contributed by atoms with Crippen LogP contribution in [0.5, 0.6) is 11.5 Å². The molecule has 0 spiro atoms. The fourth-order valence-electron chi connectivity index (χ4n) is 4.04. The summed E-state index contributed by atoms with van der Waals surface area (Å²) >= 11 is 0. The highest BCUT2D eigenvalue weighted by atomic mass is 16.5. The van der Waals surface area contributed by atoms with Crippen LogP contribution in [0.1, 0.15) is 39.0 Å². The molecule has 0 amide bonds. The number of nitrogens with zero attached hydrogens (tertiary/aromatic N) is 1. The molecule has 3 aromatic rings. The van der Waals surface area contributed by atoms with E-state index in [1.807, 2.05) is 48.5 Å². The molecular weight excluding hydrogens is 362 g/mol. The van der Waals surface area contributed by atoms with Crippen LogP contribution in [-0.4, -0.2) is 13.4 Å². The van der Waals surface area contributed by atoms with E-state index in [2.05, 4.69) is 6.07 Å². The van der Waals surface area contributed by atoms with Crippen molar-refractivity contribution in [3.05, 3.63) is 82.4 Å². The highest BCUT2D eigenvalue weighted by molar-refractivity contribution is 5.84. The summed E-state index contributed by atoms with van der Waals surface area (Å²) in [5.41, 5.74) is 6.07. The predicted octanol–water partition coefficient (Wildman–Crippen LogP) is 5.11. The Kier molecular flexibility index (Phi) is 5.31. The lowest BCUT2D eigenvalue weighted by Crippen LogP contribution is -2.04. The molecule has 144 valence electrons. The largest absolute Gasteiger partial charge is 0.496 e. The van der Waals surface area contributed by atoms with Crippen LogP contribution in [0.25, 0.3) is 11.1 Å². The van der Waals surface area contributed by atoms with E-state index < -0.39 is 0 Å². The van der Waals surface area contributed by atoms with E-state index in [0.717, 1.165) is 59.1 Å². The summed E-state index contributed by atoms with van der Waals surface area (Å²) in [4.78, 5) is 11.5. The van der Waals surface area contributed by atoms with E-state index in [4.69, 9.17) is 9.47 Å². The molecular formula is C25H21NO3. The zero-order valence-corrected chi connectivity index (χ0v) is 16.3. The molecule has 0 aliphatic heterocycles. The molecule has 1 aliphatic rings. The molecule has 0 saturated carbocycles. The van der Waals surface area contributed by atoms with Gasteiger partial charge in [-0.15, -0.1) is 0 Å². The first-order valence-corrected chi connectivity index (χ1v) is 9.65. The van der Waals surface area contributed by atoms with Crippen LogP contribution in [0.15, 0.2) is 54.6 Å². The average Bonchev–Trinajstić information content (AvgIpc) is 3.27. The lowest BCUT2D eigenvalue weighted by atomic mass is 9.96. The van der Waals surface area contributed by atoms with Gasteiger partial charge in [0, 0.05) is 11.6 Å². The minimum absolute atomic E-state index is 0.277. The summed E-state index contributed by atoms with van der Waals surface area (Å²) in [6, 6.07) is 19.8. The van der Waals surface area contributed by atoms with Crippen LogP contribution in [-0.2, 0) is 19.4 Å². The maximum atomic E-state index is 11.5. The van der Waals surface area contributed by atoms with Crippen molar-refractivity contribution in [2.24, 2.45) is 0 Å². The van der Waals surface area contributed by atoms with Crippen LogP contribution >= 0.6 is 0 Å². The van der Waals surface area contributed by atoms with Crippen molar-refractivity contribution in [2.45, 2.75) is 25.9 Å². The van der Waals surface area contributed by atoms with Crippen molar-refractivity contribution >= 4 is 6.29 Å². The van der Waals surface area contributed by atoms with Crippen LogP contribution in [0.2, 0.25) is 0 Å². The number of methoxy groups -OCH3 is 1. The molecule has 0 bridgehead atoms. The molecule has 29 heavy (non-hydrogen) atoms. The molecule has 4 rings (SSSR count). The molecule has 1 aliphatic carbocycles. The number of nitriles is 1. The Labute approximate surface area is 170 Å². The summed E-state index contributed by atoms with van der Waals surface area (Å²) < 4.78 is 11.6. The Morgan fingerprint density at radius 2 is 1.83 bits per heavy atom.